The van der Waals surface area contributed by atoms with Gasteiger partial charge in [-0.05, 0) is 49.9 Å². The van der Waals surface area contributed by atoms with Crippen molar-refractivity contribution in [1.82, 2.24) is 0 Å². The van der Waals surface area contributed by atoms with E-state index in [0.717, 1.165) is 6.42 Å². The van der Waals surface area contributed by atoms with Crippen LogP contribution in [-0.4, -0.2) is 36.3 Å². The maximum absolute atomic E-state index is 12.4. The number of esters is 2. The average Bonchev–Trinajstić information content (AvgIpc) is 3.22. The number of nitrogens with one attached hydrogen (secondary N) is 1. The van der Waals surface area contributed by atoms with E-state index >= 15 is 0 Å². The Morgan fingerprint density at radius 1 is 1.19 bits per heavy atom. The van der Waals surface area contributed by atoms with Crippen molar-refractivity contribution in [2.75, 3.05) is 11.9 Å². The second kappa shape index (κ2) is 6.23. The van der Waals surface area contributed by atoms with E-state index in [9.17, 15) is 19.2 Å². The van der Waals surface area contributed by atoms with Crippen LogP contribution in [0.25, 0.3) is 0 Å². The Bertz CT molecular complexity index is 784. The van der Waals surface area contributed by atoms with Crippen molar-refractivity contribution in [1.29, 1.82) is 0 Å². The Balaban J connectivity index is 1.31. The van der Waals surface area contributed by atoms with Crippen molar-refractivity contribution in [2.45, 2.75) is 25.9 Å². The van der Waals surface area contributed by atoms with Gasteiger partial charge in [0.15, 0.2) is 12.4 Å². The number of carbonyl (C=O) groups excluding carboxylic acids is 4. The lowest BCUT2D eigenvalue weighted by Gasteiger charge is -2.22. The van der Waals surface area contributed by atoms with Crippen molar-refractivity contribution in [3.63, 3.8) is 0 Å². The molecular weight excluding hydrogens is 338 g/mol. The fourth-order valence-electron chi connectivity index (χ4n) is 4.54. The minimum absolute atomic E-state index is 0.0391. The van der Waals surface area contributed by atoms with Crippen LogP contribution in [-0.2, 0) is 23.9 Å². The Labute approximate surface area is 150 Å². The SMILES string of the molecule is CC(=O)c1ccc(NC(=O)COC(=O)[C@H]2[C@@H]3C[C@@H]4[C@@H]2C(=O)O[C@@H]4C3)cc1. The minimum Gasteiger partial charge on any atom is -0.462 e. The third-order valence-corrected chi connectivity index (χ3v) is 5.68. The first-order chi connectivity index (χ1) is 12.4. The first-order valence-electron chi connectivity index (χ1n) is 8.72. The quantitative estimate of drug-likeness (QED) is 0.634. The maximum atomic E-state index is 12.4. The van der Waals surface area contributed by atoms with Crippen LogP contribution < -0.4 is 5.32 Å². The monoisotopic (exact) mass is 357 g/mol. The van der Waals surface area contributed by atoms with Crippen LogP contribution in [0.4, 0.5) is 5.69 Å². The van der Waals surface area contributed by atoms with Gasteiger partial charge in [-0.15, -0.1) is 0 Å². The van der Waals surface area contributed by atoms with Crippen LogP contribution in [0.1, 0.15) is 30.1 Å². The highest BCUT2D eigenvalue weighted by molar-refractivity contribution is 5.96. The van der Waals surface area contributed by atoms with Crippen molar-refractivity contribution >= 4 is 29.3 Å². The molecule has 0 spiro atoms. The molecule has 1 aromatic rings. The van der Waals surface area contributed by atoms with E-state index in [1.165, 1.54) is 6.92 Å². The number of Topliss-reactive ketones (excluding diaryl/α,β-unsaturated/α-hetero) is 1. The van der Waals surface area contributed by atoms with Crippen LogP contribution >= 0.6 is 0 Å². The van der Waals surface area contributed by atoms with E-state index in [2.05, 4.69) is 5.32 Å². The first-order valence-corrected chi connectivity index (χ1v) is 8.72. The van der Waals surface area contributed by atoms with E-state index in [-0.39, 0.29) is 29.7 Å². The summed E-state index contributed by atoms with van der Waals surface area (Å²) in [6.45, 7) is 1.05. The molecule has 0 radical (unpaired) electrons. The standard InChI is InChI=1S/C19H19NO6/c1-9(21)10-2-4-12(5-3-10)20-15(22)8-25-18(23)16-11-6-13-14(7-11)26-19(24)17(13)16/h2-5,11,13-14,16-17H,6-8H2,1H3,(H,20,22)/t11-,13+,14-,16+,17+/m1/s1. The zero-order valence-electron chi connectivity index (χ0n) is 14.3. The molecule has 1 aromatic carbocycles. The fraction of sp³-hybridized carbons (Fsp3) is 0.474. The predicted molar refractivity (Wildman–Crippen MR) is 89.1 cm³/mol. The molecule has 2 aliphatic carbocycles. The lowest BCUT2D eigenvalue weighted by atomic mass is 9.80. The van der Waals surface area contributed by atoms with Crippen LogP contribution in [0.2, 0.25) is 0 Å². The molecule has 1 heterocycles. The predicted octanol–water partition coefficient (Wildman–Crippen LogP) is 1.57. The largest absolute Gasteiger partial charge is 0.462 e. The van der Waals surface area contributed by atoms with E-state index < -0.39 is 30.3 Å². The van der Waals surface area contributed by atoms with Crippen LogP contribution in [0.3, 0.4) is 0 Å². The highest BCUT2D eigenvalue weighted by Gasteiger charge is 2.64. The number of fused-ring (bicyclic) bond motifs is 1. The van der Waals surface area contributed by atoms with E-state index in [1.807, 2.05) is 0 Å². The Hall–Kier alpha value is -2.70. The average molecular weight is 357 g/mol. The molecule has 5 atom stereocenters. The van der Waals surface area contributed by atoms with Crippen LogP contribution in [0, 0.1) is 23.7 Å². The van der Waals surface area contributed by atoms with Gasteiger partial charge in [-0.1, -0.05) is 0 Å². The number of ketones is 1. The van der Waals surface area contributed by atoms with Crippen molar-refractivity contribution < 1.29 is 28.7 Å². The summed E-state index contributed by atoms with van der Waals surface area (Å²) >= 11 is 0. The molecule has 0 unspecified atom stereocenters. The summed E-state index contributed by atoms with van der Waals surface area (Å²) in [4.78, 5) is 47.6. The smallest absolute Gasteiger partial charge is 0.310 e. The minimum atomic E-state index is -0.498. The van der Waals surface area contributed by atoms with Crippen LogP contribution in [0.15, 0.2) is 24.3 Å². The lowest BCUT2D eigenvalue weighted by Crippen LogP contribution is -2.34. The molecule has 1 N–H and O–H groups in total. The van der Waals surface area contributed by atoms with E-state index in [4.69, 9.17) is 9.47 Å². The second-order valence-electron chi connectivity index (χ2n) is 7.21. The van der Waals surface area contributed by atoms with Gasteiger partial charge in [0, 0.05) is 17.2 Å². The zero-order chi connectivity index (χ0) is 18.4. The topological polar surface area (TPSA) is 98.8 Å². The molecule has 1 saturated heterocycles. The summed E-state index contributed by atoms with van der Waals surface area (Å²) in [5, 5.41) is 2.61. The molecule has 7 heteroatoms. The molecule has 4 rings (SSSR count). The summed E-state index contributed by atoms with van der Waals surface area (Å²) in [6.07, 6.45) is 1.49. The van der Waals surface area contributed by atoms with E-state index in [1.54, 1.807) is 24.3 Å². The summed E-state index contributed by atoms with van der Waals surface area (Å²) < 4.78 is 10.5. The van der Waals surface area contributed by atoms with Gasteiger partial charge >= 0.3 is 11.9 Å². The number of amides is 1. The highest BCUT2D eigenvalue weighted by atomic mass is 16.6. The van der Waals surface area contributed by atoms with E-state index in [0.29, 0.717) is 17.7 Å². The Kier molecular flexibility index (Phi) is 4.01. The molecule has 1 amide bonds. The molecule has 3 fully saturated rings. The maximum Gasteiger partial charge on any atom is 0.310 e. The summed E-state index contributed by atoms with van der Waals surface area (Å²) in [5.41, 5.74) is 1.06. The molecule has 0 aromatic heterocycles. The number of benzene rings is 1. The molecular formula is C19H19NO6. The van der Waals surface area contributed by atoms with Gasteiger partial charge in [0.25, 0.3) is 5.91 Å². The van der Waals surface area contributed by atoms with Gasteiger partial charge in [-0.3, -0.25) is 19.2 Å². The number of anilines is 1. The van der Waals surface area contributed by atoms with Gasteiger partial charge in [-0.2, -0.15) is 0 Å². The highest BCUT2D eigenvalue weighted by Crippen LogP contribution is 2.57. The molecule has 136 valence electrons. The number of carbonyl (C=O) groups is 4. The van der Waals surface area contributed by atoms with Gasteiger partial charge in [0.05, 0.1) is 11.8 Å². The van der Waals surface area contributed by atoms with Crippen LogP contribution in [0.5, 0.6) is 0 Å². The summed E-state index contributed by atoms with van der Waals surface area (Å²) in [7, 11) is 0. The molecule has 3 aliphatic rings. The fourth-order valence-corrected chi connectivity index (χ4v) is 4.54. The lowest BCUT2D eigenvalue weighted by molar-refractivity contribution is -0.157. The molecule has 1 aliphatic heterocycles. The third-order valence-electron chi connectivity index (χ3n) is 5.68. The van der Waals surface area contributed by atoms with Gasteiger partial charge < -0.3 is 14.8 Å². The van der Waals surface area contributed by atoms with Gasteiger partial charge in [-0.25, -0.2) is 0 Å². The number of hydrogen-bond donors (Lipinski definition) is 1. The van der Waals surface area contributed by atoms with Gasteiger partial charge in [0.1, 0.15) is 6.10 Å². The summed E-state index contributed by atoms with van der Waals surface area (Å²) in [6, 6.07) is 6.45. The number of hydrogen-bond acceptors (Lipinski definition) is 6. The Morgan fingerprint density at radius 3 is 2.62 bits per heavy atom. The van der Waals surface area contributed by atoms with Crippen molar-refractivity contribution in [3.05, 3.63) is 29.8 Å². The second-order valence-corrected chi connectivity index (χ2v) is 7.21. The zero-order valence-corrected chi connectivity index (χ0v) is 14.3. The Morgan fingerprint density at radius 2 is 1.92 bits per heavy atom. The molecule has 2 bridgehead atoms. The molecule has 26 heavy (non-hydrogen) atoms. The number of rotatable bonds is 5. The van der Waals surface area contributed by atoms with Crippen molar-refractivity contribution in [2.24, 2.45) is 23.7 Å². The first kappa shape index (κ1) is 16.8. The normalized spacial score (nSPS) is 30.8. The summed E-state index contributed by atoms with van der Waals surface area (Å²) in [5.74, 6) is -2.00. The van der Waals surface area contributed by atoms with Gasteiger partial charge in [0.2, 0.25) is 0 Å². The molecule has 7 nitrogen and oxygen atoms in total. The molecule has 2 saturated carbocycles. The third kappa shape index (κ3) is 2.77. The number of ether oxygens (including phenoxy) is 2. The van der Waals surface area contributed by atoms with Crippen molar-refractivity contribution in [3.8, 4) is 0 Å².